The smallest absolute Gasteiger partial charge is 0.126 e. The molecule has 3 heteroatoms. The molecular weight excluding hydrogens is 197 g/mol. The van der Waals surface area contributed by atoms with Crippen molar-refractivity contribution < 1.29 is 4.39 Å². The van der Waals surface area contributed by atoms with Crippen molar-refractivity contribution in [2.24, 2.45) is 0 Å². The van der Waals surface area contributed by atoms with Crippen LogP contribution in [0.2, 0.25) is 0 Å². The Morgan fingerprint density at radius 3 is 2.60 bits per heavy atom. The van der Waals surface area contributed by atoms with Gasteiger partial charge in [0.25, 0.3) is 0 Å². The van der Waals surface area contributed by atoms with Gasteiger partial charge in [0.2, 0.25) is 0 Å². The maximum Gasteiger partial charge on any atom is 0.126 e. The van der Waals surface area contributed by atoms with Crippen LogP contribution >= 0.6 is 15.9 Å². The SMILES string of the molecule is Cc1c(N)cc(F)cc1Br. The minimum Gasteiger partial charge on any atom is -0.398 e. The molecule has 0 amide bonds. The lowest BCUT2D eigenvalue weighted by Gasteiger charge is -2.01. The van der Waals surface area contributed by atoms with Crippen molar-refractivity contribution in [3.05, 3.63) is 28.0 Å². The van der Waals surface area contributed by atoms with E-state index in [-0.39, 0.29) is 5.82 Å². The third-order valence-corrected chi connectivity index (χ3v) is 2.17. The van der Waals surface area contributed by atoms with Crippen LogP contribution in [0.4, 0.5) is 10.1 Å². The normalized spacial score (nSPS) is 9.90. The van der Waals surface area contributed by atoms with Crippen LogP contribution in [0.15, 0.2) is 16.6 Å². The van der Waals surface area contributed by atoms with Crippen LogP contribution in [0, 0.1) is 12.7 Å². The first-order valence-corrected chi connectivity index (χ1v) is 3.61. The topological polar surface area (TPSA) is 26.0 Å². The second-order valence-corrected chi connectivity index (χ2v) is 2.96. The molecule has 0 spiro atoms. The lowest BCUT2D eigenvalue weighted by Crippen LogP contribution is -1.91. The molecule has 0 radical (unpaired) electrons. The second kappa shape index (κ2) is 2.58. The van der Waals surface area contributed by atoms with E-state index in [4.69, 9.17) is 5.73 Å². The van der Waals surface area contributed by atoms with Gasteiger partial charge in [-0.15, -0.1) is 0 Å². The molecule has 0 aliphatic rings. The molecule has 0 saturated carbocycles. The summed E-state index contributed by atoms with van der Waals surface area (Å²) in [7, 11) is 0. The first-order valence-electron chi connectivity index (χ1n) is 2.82. The van der Waals surface area contributed by atoms with Gasteiger partial charge in [-0.1, -0.05) is 15.9 Å². The Kier molecular flexibility index (Phi) is 1.94. The molecule has 0 aliphatic heterocycles. The summed E-state index contributed by atoms with van der Waals surface area (Å²) in [6, 6.07) is 2.70. The minimum atomic E-state index is -0.310. The predicted molar refractivity (Wildman–Crippen MR) is 43.2 cm³/mol. The van der Waals surface area contributed by atoms with Gasteiger partial charge in [0.05, 0.1) is 0 Å². The fourth-order valence-electron chi connectivity index (χ4n) is 0.666. The first kappa shape index (κ1) is 7.54. The van der Waals surface area contributed by atoms with Crippen LogP contribution in [0.1, 0.15) is 5.56 Å². The molecule has 0 bridgehead atoms. The summed E-state index contributed by atoms with van der Waals surface area (Å²) in [5, 5.41) is 0. The molecule has 1 nitrogen and oxygen atoms in total. The van der Waals surface area contributed by atoms with Crippen molar-refractivity contribution >= 4 is 21.6 Å². The molecule has 0 atom stereocenters. The number of hydrogen-bond acceptors (Lipinski definition) is 1. The van der Waals surface area contributed by atoms with Gasteiger partial charge >= 0.3 is 0 Å². The number of anilines is 1. The van der Waals surface area contributed by atoms with E-state index in [1.165, 1.54) is 12.1 Å². The molecule has 1 aromatic rings. The Hall–Kier alpha value is -0.570. The molecular formula is C7H7BrFN. The van der Waals surface area contributed by atoms with E-state index in [1.54, 1.807) is 0 Å². The van der Waals surface area contributed by atoms with Crippen molar-refractivity contribution in [3.8, 4) is 0 Å². The summed E-state index contributed by atoms with van der Waals surface area (Å²) in [5.41, 5.74) is 6.81. The average molecular weight is 204 g/mol. The minimum absolute atomic E-state index is 0.310. The first-order chi connectivity index (χ1) is 4.61. The molecule has 0 heterocycles. The molecule has 0 aromatic heterocycles. The fraction of sp³-hybridized carbons (Fsp3) is 0.143. The van der Waals surface area contributed by atoms with Crippen LogP contribution in [-0.2, 0) is 0 Å². The van der Waals surface area contributed by atoms with Gasteiger partial charge < -0.3 is 5.73 Å². The average Bonchev–Trinajstić information content (AvgIpc) is 1.82. The predicted octanol–water partition coefficient (Wildman–Crippen LogP) is 2.48. The monoisotopic (exact) mass is 203 g/mol. The van der Waals surface area contributed by atoms with Gasteiger partial charge in [-0.25, -0.2) is 4.39 Å². The number of hydrogen-bond donors (Lipinski definition) is 1. The second-order valence-electron chi connectivity index (χ2n) is 2.10. The highest BCUT2D eigenvalue weighted by Crippen LogP contribution is 2.22. The highest BCUT2D eigenvalue weighted by molar-refractivity contribution is 9.10. The van der Waals surface area contributed by atoms with E-state index in [1.807, 2.05) is 6.92 Å². The number of rotatable bonds is 0. The lowest BCUT2D eigenvalue weighted by molar-refractivity contribution is 0.627. The Balaban J connectivity index is 3.31. The maximum atomic E-state index is 12.5. The van der Waals surface area contributed by atoms with E-state index in [9.17, 15) is 4.39 Å². The van der Waals surface area contributed by atoms with E-state index in [2.05, 4.69) is 15.9 Å². The van der Waals surface area contributed by atoms with Crippen molar-refractivity contribution in [1.82, 2.24) is 0 Å². The van der Waals surface area contributed by atoms with Gasteiger partial charge in [0.1, 0.15) is 5.82 Å². The molecule has 10 heavy (non-hydrogen) atoms. The summed E-state index contributed by atoms with van der Waals surface area (Å²) >= 11 is 3.18. The van der Waals surface area contributed by atoms with Gasteiger partial charge in [-0.2, -0.15) is 0 Å². The molecule has 1 rings (SSSR count). The molecule has 0 fully saturated rings. The van der Waals surface area contributed by atoms with Gasteiger partial charge in [0, 0.05) is 10.2 Å². The molecule has 0 unspecified atom stereocenters. The summed E-state index contributed by atoms with van der Waals surface area (Å²) in [6.07, 6.45) is 0. The number of benzene rings is 1. The van der Waals surface area contributed by atoms with Crippen LogP contribution in [0.3, 0.4) is 0 Å². The van der Waals surface area contributed by atoms with Crippen molar-refractivity contribution in [2.75, 3.05) is 5.73 Å². The summed E-state index contributed by atoms with van der Waals surface area (Å²) < 4.78 is 13.2. The van der Waals surface area contributed by atoms with Gasteiger partial charge in [0.15, 0.2) is 0 Å². The third-order valence-electron chi connectivity index (χ3n) is 1.35. The zero-order valence-corrected chi connectivity index (χ0v) is 7.07. The van der Waals surface area contributed by atoms with E-state index >= 15 is 0 Å². The van der Waals surface area contributed by atoms with E-state index in [0.717, 1.165) is 5.56 Å². The summed E-state index contributed by atoms with van der Waals surface area (Å²) in [5.74, 6) is -0.310. The molecule has 0 saturated heterocycles. The molecule has 0 aliphatic carbocycles. The van der Waals surface area contributed by atoms with E-state index < -0.39 is 0 Å². The number of nitrogen functional groups attached to an aromatic ring is 1. The maximum absolute atomic E-state index is 12.5. The van der Waals surface area contributed by atoms with Crippen molar-refractivity contribution in [2.45, 2.75) is 6.92 Å². The third kappa shape index (κ3) is 1.29. The Bertz CT molecular complexity index is 237. The summed E-state index contributed by atoms with van der Waals surface area (Å²) in [6.45, 7) is 1.83. The van der Waals surface area contributed by atoms with Gasteiger partial charge in [-0.3, -0.25) is 0 Å². The van der Waals surface area contributed by atoms with Crippen molar-refractivity contribution in [1.29, 1.82) is 0 Å². The quantitative estimate of drug-likeness (QED) is 0.645. The molecule has 54 valence electrons. The lowest BCUT2D eigenvalue weighted by atomic mass is 10.2. The van der Waals surface area contributed by atoms with Crippen LogP contribution in [-0.4, -0.2) is 0 Å². The van der Waals surface area contributed by atoms with Crippen LogP contribution in [0.25, 0.3) is 0 Å². The Morgan fingerprint density at radius 2 is 2.10 bits per heavy atom. The van der Waals surface area contributed by atoms with Crippen LogP contribution in [0.5, 0.6) is 0 Å². The molecule has 1 aromatic carbocycles. The Labute approximate surface area is 67.2 Å². The fourth-order valence-corrected chi connectivity index (χ4v) is 1.11. The Morgan fingerprint density at radius 1 is 1.50 bits per heavy atom. The standard InChI is InChI=1S/C7H7BrFN/c1-4-6(8)2-5(9)3-7(4)10/h2-3H,10H2,1H3. The highest BCUT2D eigenvalue weighted by atomic mass is 79.9. The zero-order valence-electron chi connectivity index (χ0n) is 5.49. The van der Waals surface area contributed by atoms with E-state index in [0.29, 0.717) is 10.2 Å². The summed E-state index contributed by atoms with van der Waals surface area (Å²) in [4.78, 5) is 0. The number of halogens is 2. The van der Waals surface area contributed by atoms with Crippen molar-refractivity contribution in [3.63, 3.8) is 0 Å². The zero-order chi connectivity index (χ0) is 7.72. The number of nitrogens with two attached hydrogens (primary N) is 1. The molecule has 2 N–H and O–H groups in total. The largest absolute Gasteiger partial charge is 0.398 e. The van der Waals surface area contributed by atoms with Gasteiger partial charge in [-0.05, 0) is 24.6 Å². The highest BCUT2D eigenvalue weighted by Gasteiger charge is 2.00. The van der Waals surface area contributed by atoms with Crippen LogP contribution < -0.4 is 5.73 Å².